The van der Waals surface area contributed by atoms with E-state index in [2.05, 4.69) is 25.8 Å². The highest BCUT2D eigenvalue weighted by molar-refractivity contribution is 5.76. The molecule has 0 bridgehead atoms. The van der Waals surface area contributed by atoms with Gasteiger partial charge in [0.05, 0.1) is 0 Å². The molecule has 1 atom stereocenters. The van der Waals surface area contributed by atoms with Gasteiger partial charge in [-0.1, -0.05) is 12.1 Å². The number of carbonyl (C=O) groups is 1. The molecule has 0 saturated heterocycles. The first-order valence-electron chi connectivity index (χ1n) is 11.6. The smallest absolute Gasteiger partial charge is 0.258 e. The SMILES string of the molecule is CCc1cc(-c2noc(-c3cc(C)nc(NC(C)C)c3)n2)cc(C)c1OC[C@H](O)CNC(=O)CO. The minimum atomic E-state index is -0.909. The van der Waals surface area contributed by atoms with Gasteiger partial charge < -0.3 is 30.1 Å². The van der Waals surface area contributed by atoms with E-state index in [-0.39, 0.29) is 19.2 Å². The molecule has 10 nitrogen and oxygen atoms in total. The third-order valence-electron chi connectivity index (χ3n) is 5.15. The predicted molar refractivity (Wildman–Crippen MR) is 132 cm³/mol. The lowest BCUT2D eigenvalue weighted by molar-refractivity contribution is -0.124. The van der Waals surface area contributed by atoms with Crippen molar-refractivity contribution >= 4 is 11.7 Å². The Balaban J connectivity index is 1.79. The Morgan fingerprint density at radius 2 is 1.91 bits per heavy atom. The van der Waals surface area contributed by atoms with E-state index >= 15 is 0 Å². The first-order chi connectivity index (χ1) is 16.7. The number of aryl methyl sites for hydroxylation is 3. The van der Waals surface area contributed by atoms with Gasteiger partial charge in [-0.15, -0.1) is 0 Å². The molecule has 2 aromatic heterocycles. The molecular weight excluding hydrogens is 450 g/mol. The Morgan fingerprint density at radius 3 is 2.60 bits per heavy atom. The molecular formula is C25H33N5O5. The second-order valence-corrected chi connectivity index (χ2v) is 8.67. The van der Waals surface area contributed by atoms with Gasteiger partial charge in [0, 0.05) is 29.4 Å². The van der Waals surface area contributed by atoms with Gasteiger partial charge in [-0.05, 0) is 69.5 Å². The highest BCUT2D eigenvalue weighted by Gasteiger charge is 2.17. The molecule has 10 heteroatoms. The summed E-state index contributed by atoms with van der Waals surface area (Å²) in [5.41, 5.74) is 4.22. The van der Waals surface area contributed by atoms with Crippen LogP contribution >= 0.6 is 0 Å². The van der Waals surface area contributed by atoms with Crippen molar-refractivity contribution in [2.45, 2.75) is 53.2 Å². The summed E-state index contributed by atoms with van der Waals surface area (Å²) >= 11 is 0. The lowest BCUT2D eigenvalue weighted by atomic mass is 10.0. The normalized spacial score (nSPS) is 12.0. The van der Waals surface area contributed by atoms with E-state index < -0.39 is 18.6 Å². The first kappa shape index (κ1) is 26.1. The molecule has 0 unspecified atom stereocenters. The van der Waals surface area contributed by atoms with Crippen molar-refractivity contribution in [3.63, 3.8) is 0 Å². The molecule has 0 radical (unpaired) electrons. The topological polar surface area (TPSA) is 143 Å². The molecule has 0 fully saturated rings. The molecule has 0 aliphatic rings. The van der Waals surface area contributed by atoms with Crippen molar-refractivity contribution in [2.75, 3.05) is 25.1 Å². The lowest BCUT2D eigenvalue weighted by Crippen LogP contribution is -2.36. The zero-order chi connectivity index (χ0) is 25.5. The van der Waals surface area contributed by atoms with Crippen molar-refractivity contribution in [3.05, 3.63) is 41.1 Å². The average molecular weight is 484 g/mol. The van der Waals surface area contributed by atoms with E-state index in [1.165, 1.54) is 0 Å². The van der Waals surface area contributed by atoms with Gasteiger partial charge in [0.1, 0.15) is 30.9 Å². The number of ether oxygens (including phenoxy) is 1. The van der Waals surface area contributed by atoms with Crippen molar-refractivity contribution in [2.24, 2.45) is 0 Å². The van der Waals surface area contributed by atoms with E-state index in [4.69, 9.17) is 14.4 Å². The van der Waals surface area contributed by atoms with Crippen LogP contribution in [0.5, 0.6) is 5.75 Å². The molecule has 0 aliphatic heterocycles. The fraction of sp³-hybridized carbons (Fsp3) is 0.440. The van der Waals surface area contributed by atoms with Crippen LogP contribution in [0.15, 0.2) is 28.8 Å². The fourth-order valence-corrected chi connectivity index (χ4v) is 3.59. The van der Waals surface area contributed by atoms with Crippen LogP contribution in [-0.4, -0.2) is 63.1 Å². The average Bonchev–Trinajstić information content (AvgIpc) is 3.31. The molecule has 0 spiro atoms. The maximum Gasteiger partial charge on any atom is 0.258 e. The molecule has 0 saturated carbocycles. The minimum Gasteiger partial charge on any atom is -0.490 e. The molecule has 0 aliphatic carbocycles. The number of pyridine rings is 1. The standard InChI is InChI=1S/C25H33N5O5/c1-6-17-9-18(7-15(4)23(17)34-13-20(32)11-26-22(33)12-31)24-29-25(35-30-24)19-8-16(5)28-21(10-19)27-14(2)3/h7-10,14,20,31-32H,6,11-13H2,1-5H3,(H,26,33)(H,27,28)/t20-/m1/s1. The summed E-state index contributed by atoms with van der Waals surface area (Å²) in [4.78, 5) is 20.3. The zero-order valence-electron chi connectivity index (χ0n) is 20.8. The van der Waals surface area contributed by atoms with Crippen LogP contribution in [0, 0.1) is 13.8 Å². The monoisotopic (exact) mass is 483 g/mol. The lowest BCUT2D eigenvalue weighted by Gasteiger charge is -2.17. The number of nitrogens with zero attached hydrogens (tertiary/aromatic N) is 3. The number of anilines is 1. The summed E-state index contributed by atoms with van der Waals surface area (Å²) in [5, 5.41) is 28.7. The summed E-state index contributed by atoms with van der Waals surface area (Å²) in [6.07, 6.45) is -0.215. The van der Waals surface area contributed by atoms with Gasteiger partial charge >= 0.3 is 0 Å². The third-order valence-corrected chi connectivity index (χ3v) is 5.15. The molecule has 2 heterocycles. The largest absolute Gasteiger partial charge is 0.490 e. The highest BCUT2D eigenvalue weighted by Crippen LogP contribution is 2.31. The number of aliphatic hydroxyl groups excluding tert-OH is 2. The number of carbonyl (C=O) groups excluding carboxylic acids is 1. The first-order valence-corrected chi connectivity index (χ1v) is 11.6. The summed E-state index contributed by atoms with van der Waals surface area (Å²) in [7, 11) is 0. The Kier molecular flexibility index (Phi) is 8.78. The molecule has 3 aromatic rings. The number of aliphatic hydroxyl groups is 2. The maximum absolute atomic E-state index is 11.1. The van der Waals surface area contributed by atoms with E-state index in [0.717, 1.165) is 33.8 Å². The van der Waals surface area contributed by atoms with Gasteiger partial charge in [0.2, 0.25) is 11.7 Å². The summed E-state index contributed by atoms with van der Waals surface area (Å²) in [6.45, 7) is 9.30. The summed E-state index contributed by atoms with van der Waals surface area (Å²) < 4.78 is 11.4. The number of amides is 1. The quantitative estimate of drug-likeness (QED) is 0.324. The Hall–Kier alpha value is -3.50. The number of nitrogens with one attached hydrogen (secondary N) is 2. The molecule has 188 valence electrons. The number of aromatic nitrogens is 3. The molecule has 1 amide bonds. The maximum atomic E-state index is 11.1. The van der Waals surface area contributed by atoms with Crippen molar-refractivity contribution < 1.29 is 24.3 Å². The summed E-state index contributed by atoms with van der Waals surface area (Å²) in [5.74, 6) is 1.73. The van der Waals surface area contributed by atoms with E-state index in [1.807, 2.05) is 58.9 Å². The minimum absolute atomic E-state index is 0.000602. The Labute approximate surface area is 204 Å². The second kappa shape index (κ2) is 11.8. The molecule has 35 heavy (non-hydrogen) atoms. The zero-order valence-corrected chi connectivity index (χ0v) is 20.8. The van der Waals surface area contributed by atoms with Crippen LogP contribution in [0.1, 0.15) is 37.6 Å². The summed E-state index contributed by atoms with van der Waals surface area (Å²) in [6, 6.07) is 7.88. The van der Waals surface area contributed by atoms with Crippen molar-refractivity contribution in [3.8, 4) is 28.6 Å². The Bertz CT molecular complexity index is 1160. The van der Waals surface area contributed by atoms with Gasteiger partial charge in [-0.25, -0.2) is 4.98 Å². The van der Waals surface area contributed by atoms with Crippen LogP contribution in [0.2, 0.25) is 0 Å². The number of hydrogen-bond donors (Lipinski definition) is 4. The van der Waals surface area contributed by atoms with Gasteiger partial charge in [-0.3, -0.25) is 4.79 Å². The van der Waals surface area contributed by atoms with E-state index in [0.29, 0.717) is 23.9 Å². The van der Waals surface area contributed by atoms with Crippen molar-refractivity contribution in [1.82, 2.24) is 20.4 Å². The highest BCUT2D eigenvalue weighted by atomic mass is 16.5. The number of benzene rings is 1. The molecule has 4 N–H and O–H groups in total. The van der Waals surface area contributed by atoms with E-state index in [1.54, 1.807) is 0 Å². The number of rotatable bonds is 11. The van der Waals surface area contributed by atoms with Crippen LogP contribution < -0.4 is 15.4 Å². The Morgan fingerprint density at radius 1 is 1.14 bits per heavy atom. The van der Waals surface area contributed by atoms with Crippen LogP contribution in [0.4, 0.5) is 5.82 Å². The van der Waals surface area contributed by atoms with Gasteiger partial charge in [0.25, 0.3) is 5.89 Å². The number of hydrogen-bond acceptors (Lipinski definition) is 9. The fourth-order valence-electron chi connectivity index (χ4n) is 3.59. The second-order valence-electron chi connectivity index (χ2n) is 8.67. The predicted octanol–water partition coefficient (Wildman–Crippen LogP) is 2.65. The van der Waals surface area contributed by atoms with Gasteiger partial charge in [-0.2, -0.15) is 4.98 Å². The van der Waals surface area contributed by atoms with Crippen molar-refractivity contribution in [1.29, 1.82) is 0 Å². The molecule has 1 aromatic carbocycles. The third kappa shape index (κ3) is 7.00. The molecule has 3 rings (SSSR count). The van der Waals surface area contributed by atoms with Crippen LogP contribution in [0.3, 0.4) is 0 Å². The van der Waals surface area contributed by atoms with Crippen LogP contribution in [-0.2, 0) is 11.2 Å². The van der Waals surface area contributed by atoms with E-state index in [9.17, 15) is 9.90 Å². The van der Waals surface area contributed by atoms with Crippen LogP contribution in [0.25, 0.3) is 22.8 Å². The van der Waals surface area contributed by atoms with Gasteiger partial charge in [0.15, 0.2) is 0 Å².